The van der Waals surface area contributed by atoms with Gasteiger partial charge in [-0.1, -0.05) is 62.7 Å². The topological polar surface area (TPSA) is 58.1 Å². The standard InChI is InChI=1S/C26H28ClF3N4O/c1-25(2,3)18-10-8-17(9-11-18)16-34(24(35)21-14-19(27)15-32-23(21)31-4)13-12-20-6-5-7-22(33-20)26(28,29)30/h5-11,14-15H,12-13,16H2,1-4H3,(H,31,32). The van der Waals surface area contributed by atoms with E-state index in [0.717, 1.165) is 17.2 Å². The van der Waals surface area contributed by atoms with Crippen LogP contribution in [0.3, 0.4) is 0 Å². The molecule has 9 heteroatoms. The predicted molar refractivity (Wildman–Crippen MR) is 132 cm³/mol. The number of nitrogens with one attached hydrogen (secondary N) is 1. The molecule has 0 fully saturated rings. The van der Waals surface area contributed by atoms with E-state index in [4.69, 9.17) is 11.6 Å². The summed E-state index contributed by atoms with van der Waals surface area (Å²) in [5.74, 6) is 0.0286. The maximum absolute atomic E-state index is 13.5. The number of hydrogen-bond acceptors (Lipinski definition) is 4. The summed E-state index contributed by atoms with van der Waals surface area (Å²) in [5.41, 5.74) is 1.61. The van der Waals surface area contributed by atoms with E-state index in [1.165, 1.54) is 24.4 Å². The van der Waals surface area contributed by atoms with E-state index >= 15 is 0 Å². The van der Waals surface area contributed by atoms with Gasteiger partial charge in [0.1, 0.15) is 11.5 Å². The molecule has 0 aliphatic heterocycles. The molecule has 5 nitrogen and oxygen atoms in total. The Hall–Kier alpha value is -3.13. The summed E-state index contributed by atoms with van der Waals surface area (Å²) in [6, 6.07) is 13.3. The maximum atomic E-state index is 13.5. The van der Waals surface area contributed by atoms with Gasteiger partial charge in [0, 0.05) is 38.4 Å². The molecule has 3 rings (SSSR count). The number of carbonyl (C=O) groups excluding carboxylic acids is 1. The summed E-state index contributed by atoms with van der Waals surface area (Å²) in [4.78, 5) is 23.0. The van der Waals surface area contributed by atoms with Gasteiger partial charge in [0.15, 0.2) is 0 Å². The van der Waals surface area contributed by atoms with Crippen molar-refractivity contribution in [3.63, 3.8) is 0 Å². The minimum Gasteiger partial charge on any atom is -0.372 e. The highest BCUT2D eigenvalue weighted by atomic mass is 35.5. The van der Waals surface area contributed by atoms with Crippen LogP contribution in [0.1, 0.15) is 53.6 Å². The Balaban J connectivity index is 1.90. The van der Waals surface area contributed by atoms with Crippen LogP contribution >= 0.6 is 11.6 Å². The van der Waals surface area contributed by atoms with Crippen molar-refractivity contribution < 1.29 is 18.0 Å². The van der Waals surface area contributed by atoms with Crippen LogP contribution in [0.15, 0.2) is 54.7 Å². The Bertz CT molecular complexity index is 1170. The summed E-state index contributed by atoms with van der Waals surface area (Å²) < 4.78 is 39.3. The zero-order valence-corrected chi connectivity index (χ0v) is 20.8. The highest BCUT2D eigenvalue weighted by Crippen LogP contribution is 2.28. The molecule has 0 saturated heterocycles. The van der Waals surface area contributed by atoms with E-state index in [1.807, 2.05) is 24.3 Å². The van der Waals surface area contributed by atoms with Crippen molar-refractivity contribution in [2.45, 2.75) is 45.3 Å². The summed E-state index contributed by atoms with van der Waals surface area (Å²) >= 11 is 6.10. The fourth-order valence-corrected chi connectivity index (χ4v) is 3.74. The van der Waals surface area contributed by atoms with E-state index in [-0.39, 0.29) is 42.1 Å². The zero-order chi connectivity index (χ0) is 25.8. The molecule has 2 aromatic heterocycles. The average Bonchev–Trinajstić information content (AvgIpc) is 2.80. The van der Waals surface area contributed by atoms with Crippen molar-refractivity contribution in [3.05, 3.63) is 87.8 Å². The van der Waals surface area contributed by atoms with Gasteiger partial charge in [-0.25, -0.2) is 9.97 Å². The molecule has 0 aliphatic carbocycles. The fourth-order valence-electron chi connectivity index (χ4n) is 3.58. The monoisotopic (exact) mass is 504 g/mol. The molecule has 0 spiro atoms. The number of halogens is 4. The Morgan fingerprint density at radius 3 is 2.37 bits per heavy atom. The number of alkyl halides is 3. The predicted octanol–water partition coefficient (Wildman–Crippen LogP) is 6.37. The van der Waals surface area contributed by atoms with E-state index in [2.05, 4.69) is 36.1 Å². The van der Waals surface area contributed by atoms with Crippen LogP contribution in [-0.2, 0) is 24.6 Å². The van der Waals surface area contributed by atoms with Crippen molar-refractivity contribution in [1.29, 1.82) is 0 Å². The van der Waals surface area contributed by atoms with Crippen LogP contribution in [0.2, 0.25) is 5.02 Å². The second kappa shape index (κ2) is 10.6. The SMILES string of the molecule is CNc1ncc(Cl)cc1C(=O)N(CCc1cccc(C(F)(F)F)n1)Cc1ccc(C(C)(C)C)cc1. The highest BCUT2D eigenvalue weighted by Gasteiger charge is 2.32. The Kier molecular flexibility index (Phi) is 8.05. The van der Waals surface area contributed by atoms with Gasteiger partial charge < -0.3 is 10.2 Å². The first-order valence-corrected chi connectivity index (χ1v) is 11.5. The van der Waals surface area contributed by atoms with Gasteiger partial charge in [-0.2, -0.15) is 13.2 Å². The second-order valence-electron chi connectivity index (χ2n) is 9.24. The molecular formula is C26H28ClF3N4O. The number of anilines is 1. The third kappa shape index (κ3) is 6.94. The molecular weight excluding hydrogens is 477 g/mol. The van der Waals surface area contributed by atoms with E-state index in [1.54, 1.807) is 11.9 Å². The van der Waals surface area contributed by atoms with Gasteiger partial charge in [-0.3, -0.25) is 4.79 Å². The molecule has 1 aromatic carbocycles. The summed E-state index contributed by atoms with van der Waals surface area (Å²) in [6.45, 7) is 6.77. The lowest BCUT2D eigenvalue weighted by molar-refractivity contribution is -0.141. The van der Waals surface area contributed by atoms with Crippen LogP contribution < -0.4 is 5.32 Å². The first-order chi connectivity index (χ1) is 16.4. The zero-order valence-electron chi connectivity index (χ0n) is 20.1. The molecule has 0 atom stereocenters. The van der Waals surface area contributed by atoms with Crippen molar-refractivity contribution in [3.8, 4) is 0 Å². The Morgan fingerprint density at radius 1 is 1.09 bits per heavy atom. The number of carbonyl (C=O) groups is 1. The molecule has 0 saturated carbocycles. The molecule has 1 amide bonds. The normalized spacial score (nSPS) is 11.9. The third-order valence-corrected chi connectivity index (χ3v) is 5.74. The van der Waals surface area contributed by atoms with Crippen molar-refractivity contribution >= 4 is 23.3 Å². The number of rotatable bonds is 7. The van der Waals surface area contributed by atoms with Crippen LogP contribution in [0.5, 0.6) is 0 Å². The van der Waals surface area contributed by atoms with Crippen LogP contribution in [0, 0.1) is 0 Å². The van der Waals surface area contributed by atoms with Crippen LogP contribution in [-0.4, -0.2) is 34.4 Å². The minimum atomic E-state index is -4.53. The van der Waals surface area contributed by atoms with Gasteiger partial charge in [-0.05, 0) is 34.7 Å². The van der Waals surface area contributed by atoms with Crippen molar-refractivity contribution in [2.75, 3.05) is 18.9 Å². The number of hydrogen-bond donors (Lipinski definition) is 1. The highest BCUT2D eigenvalue weighted by molar-refractivity contribution is 6.31. The van der Waals surface area contributed by atoms with Gasteiger partial charge in [0.05, 0.1) is 10.6 Å². The molecule has 0 radical (unpaired) electrons. The quantitative estimate of drug-likeness (QED) is 0.406. The third-order valence-electron chi connectivity index (χ3n) is 5.54. The Labute approximate surface area is 208 Å². The van der Waals surface area contributed by atoms with Gasteiger partial charge in [-0.15, -0.1) is 0 Å². The molecule has 0 aliphatic rings. The summed E-state index contributed by atoms with van der Waals surface area (Å²) in [7, 11) is 1.65. The first kappa shape index (κ1) is 26.5. The first-order valence-electron chi connectivity index (χ1n) is 11.1. The van der Waals surface area contributed by atoms with Crippen molar-refractivity contribution in [1.82, 2.24) is 14.9 Å². The maximum Gasteiger partial charge on any atom is 0.433 e. The van der Waals surface area contributed by atoms with Crippen LogP contribution in [0.25, 0.3) is 0 Å². The van der Waals surface area contributed by atoms with Gasteiger partial charge in [0.2, 0.25) is 0 Å². The molecule has 186 valence electrons. The second-order valence-corrected chi connectivity index (χ2v) is 9.67. The largest absolute Gasteiger partial charge is 0.433 e. The summed E-state index contributed by atoms with van der Waals surface area (Å²) in [6.07, 6.45) is -2.95. The van der Waals surface area contributed by atoms with E-state index in [9.17, 15) is 18.0 Å². The van der Waals surface area contributed by atoms with E-state index < -0.39 is 11.9 Å². The fraction of sp³-hybridized carbons (Fsp3) is 0.346. The van der Waals surface area contributed by atoms with Crippen molar-refractivity contribution in [2.24, 2.45) is 0 Å². The molecule has 0 unspecified atom stereocenters. The Morgan fingerprint density at radius 2 is 1.77 bits per heavy atom. The number of nitrogens with zero attached hydrogens (tertiary/aromatic N) is 3. The molecule has 1 N–H and O–H groups in total. The van der Waals surface area contributed by atoms with Crippen LogP contribution in [0.4, 0.5) is 19.0 Å². The average molecular weight is 505 g/mol. The lowest BCUT2D eigenvalue weighted by atomic mass is 9.87. The molecule has 35 heavy (non-hydrogen) atoms. The van der Waals surface area contributed by atoms with Gasteiger partial charge >= 0.3 is 6.18 Å². The lowest BCUT2D eigenvalue weighted by Gasteiger charge is -2.25. The smallest absolute Gasteiger partial charge is 0.372 e. The minimum absolute atomic E-state index is 0.0165. The number of amides is 1. The lowest BCUT2D eigenvalue weighted by Crippen LogP contribution is -2.33. The number of benzene rings is 1. The molecule has 0 bridgehead atoms. The molecule has 3 aromatic rings. The molecule has 2 heterocycles. The number of aromatic nitrogens is 2. The van der Waals surface area contributed by atoms with E-state index in [0.29, 0.717) is 10.8 Å². The van der Waals surface area contributed by atoms with Gasteiger partial charge in [0.25, 0.3) is 5.91 Å². The number of pyridine rings is 2. The summed E-state index contributed by atoms with van der Waals surface area (Å²) in [5, 5.41) is 3.20.